The molecule has 314 valence electrons. The number of urea groups is 1. The average Bonchev–Trinajstić information content (AvgIpc) is 4.06. The number of amides is 2. The Labute approximate surface area is 339 Å². The number of nitrogens with zero attached hydrogens (tertiary/aromatic N) is 10. The molecule has 2 amide bonds. The molecule has 6 aromatic rings. The van der Waals surface area contributed by atoms with Crippen LogP contribution in [0.5, 0.6) is 0 Å². The van der Waals surface area contributed by atoms with E-state index in [4.69, 9.17) is 24.6 Å². The van der Waals surface area contributed by atoms with Crippen molar-refractivity contribution in [3.8, 4) is 0 Å². The van der Waals surface area contributed by atoms with E-state index in [-0.39, 0.29) is 23.8 Å². The number of carbonyl (C=O) groups is 2. The van der Waals surface area contributed by atoms with Gasteiger partial charge in [0, 0.05) is 37.8 Å². The Morgan fingerprint density at radius 3 is 2.30 bits per heavy atom. The van der Waals surface area contributed by atoms with E-state index in [2.05, 4.69) is 65.6 Å². The van der Waals surface area contributed by atoms with Crippen molar-refractivity contribution in [1.82, 2.24) is 50.0 Å². The first-order valence-corrected chi connectivity index (χ1v) is 18.8. The third kappa shape index (κ3) is 9.40. The fraction of sp³-hybridized carbons (Fsp3) is 0.342. The number of aliphatic carboxylic acids is 1. The first-order valence-electron chi connectivity index (χ1n) is 18.8. The standard InChI is InChI=1S/C36H39N13O4.C2HF3O2/c1-2-49-45-32(44-46-49)30-28(50)29(51)34(53-30)48-21-39-27-31(38-19-26(22-10-5-3-6-11-22)23-12-7-4-8-13-23)42-35(43-33(27)48)47-17-15-25(20-47)41-36(52)40-24-14-9-16-37-18-24;3-2(4,5)1(6)7/h3-14,16,18,21,25-26,28-30,34,50-51H,2,15,17,19-20H2,1H3,(H,38,42,43)(H2,40,41,52);(H,6,7)/t25-,28+,29-,30+,34-;/m1./s1. The number of benzene rings is 2. The molecule has 0 spiro atoms. The summed E-state index contributed by atoms with van der Waals surface area (Å²) in [5, 5.41) is 51.2. The van der Waals surface area contributed by atoms with Gasteiger partial charge in [-0.1, -0.05) is 60.7 Å². The highest BCUT2D eigenvalue weighted by Crippen LogP contribution is 2.39. The number of nitrogens with one attached hydrogen (secondary N) is 3. The van der Waals surface area contributed by atoms with E-state index >= 15 is 0 Å². The maximum atomic E-state index is 12.8. The van der Waals surface area contributed by atoms with Crippen LogP contribution < -0.4 is 20.9 Å². The molecule has 0 bridgehead atoms. The average molecular weight is 832 g/mol. The third-order valence-corrected chi connectivity index (χ3v) is 9.77. The molecule has 2 aliphatic heterocycles. The van der Waals surface area contributed by atoms with Gasteiger partial charge in [-0.25, -0.2) is 14.6 Å². The van der Waals surface area contributed by atoms with Crippen molar-refractivity contribution >= 4 is 40.6 Å². The molecule has 19 nitrogen and oxygen atoms in total. The van der Waals surface area contributed by atoms with Crippen molar-refractivity contribution in [3.05, 3.63) is 108 Å². The fourth-order valence-electron chi connectivity index (χ4n) is 6.81. The van der Waals surface area contributed by atoms with Gasteiger partial charge in [-0.2, -0.15) is 27.9 Å². The van der Waals surface area contributed by atoms with Crippen molar-refractivity contribution < 1.29 is 42.8 Å². The molecule has 6 heterocycles. The van der Waals surface area contributed by atoms with Crippen LogP contribution in [0.2, 0.25) is 0 Å². The Bertz CT molecular complexity index is 2330. The number of pyridine rings is 1. The number of anilines is 3. The lowest BCUT2D eigenvalue weighted by atomic mass is 9.91. The summed E-state index contributed by atoms with van der Waals surface area (Å²) < 4.78 is 39.5. The summed E-state index contributed by atoms with van der Waals surface area (Å²) in [4.78, 5) is 43.7. The molecule has 8 rings (SSSR count). The molecule has 6 N–H and O–H groups in total. The second kappa shape index (κ2) is 18.0. The number of ether oxygens (including phenoxy) is 1. The van der Waals surface area contributed by atoms with Crippen LogP contribution in [-0.4, -0.2) is 116 Å². The van der Waals surface area contributed by atoms with Gasteiger partial charge in [0.05, 0.1) is 24.8 Å². The summed E-state index contributed by atoms with van der Waals surface area (Å²) in [5.74, 6) is -1.70. The summed E-state index contributed by atoms with van der Waals surface area (Å²) in [6, 6.07) is 23.5. The lowest BCUT2D eigenvalue weighted by Gasteiger charge is -2.22. The normalized spacial score (nSPS) is 20.2. The van der Waals surface area contributed by atoms with E-state index in [0.717, 1.165) is 11.1 Å². The highest BCUT2D eigenvalue weighted by atomic mass is 19.4. The number of hydrogen-bond acceptors (Lipinski definition) is 14. The predicted octanol–water partition coefficient (Wildman–Crippen LogP) is 3.50. The molecule has 2 fully saturated rings. The van der Waals surface area contributed by atoms with Gasteiger partial charge in [0.2, 0.25) is 11.8 Å². The van der Waals surface area contributed by atoms with Crippen LogP contribution in [0.15, 0.2) is 91.5 Å². The Morgan fingerprint density at radius 1 is 0.983 bits per heavy atom. The van der Waals surface area contributed by atoms with Crippen molar-refractivity contribution in [2.45, 2.75) is 62.6 Å². The number of aromatic nitrogens is 9. The zero-order valence-corrected chi connectivity index (χ0v) is 31.8. The number of hydrogen-bond donors (Lipinski definition) is 6. The highest BCUT2D eigenvalue weighted by molar-refractivity contribution is 5.89. The van der Waals surface area contributed by atoms with Gasteiger partial charge >= 0.3 is 18.2 Å². The quantitative estimate of drug-likeness (QED) is 0.109. The molecular weight excluding hydrogens is 791 g/mol. The van der Waals surface area contributed by atoms with Crippen LogP contribution in [-0.2, 0) is 16.1 Å². The number of tetrazole rings is 1. The Hall–Kier alpha value is -6.78. The number of carboxylic acid groups (broad SMARTS) is 1. The lowest BCUT2D eigenvalue weighted by molar-refractivity contribution is -0.192. The van der Waals surface area contributed by atoms with Gasteiger partial charge in [-0.15, -0.1) is 10.2 Å². The van der Waals surface area contributed by atoms with E-state index in [1.165, 1.54) is 11.1 Å². The number of carbonyl (C=O) groups excluding carboxylic acids is 1. The first kappa shape index (κ1) is 41.4. The maximum Gasteiger partial charge on any atom is 0.490 e. The number of aliphatic hydroxyl groups is 2. The Kier molecular flexibility index (Phi) is 12.4. The largest absolute Gasteiger partial charge is 0.490 e. The van der Waals surface area contributed by atoms with Crippen LogP contribution in [0.1, 0.15) is 48.5 Å². The van der Waals surface area contributed by atoms with Crippen LogP contribution in [0.3, 0.4) is 0 Å². The number of halogens is 3. The van der Waals surface area contributed by atoms with Crippen LogP contribution in [0.4, 0.5) is 35.4 Å². The summed E-state index contributed by atoms with van der Waals surface area (Å²) in [6.07, 6.45) is -4.43. The van der Waals surface area contributed by atoms with Gasteiger partial charge < -0.3 is 40.9 Å². The van der Waals surface area contributed by atoms with Gasteiger partial charge in [0.1, 0.15) is 12.2 Å². The molecular formula is C38H40F3N13O6. The number of carboxylic acids is 1. The zero-order chi connectivity index (χ0) is 42.4. The van der Waals surface area contributed by atoms with Crippen molar-refractivity contribution in [2.75, 3.05) is 35.2 Å². The molecule has 2 saturated heterocycles. The zero-order valence-electron chi connectivity index (χ0n) is 31.8. The number of fused-ring (bicyclic) bond motifs is 1. The van der Waals surface area contributed by atoms with E-state index in [9.17, 15) is 28.2 Å². The molecule has 0 saturated carbocycles. The topological polar surface area (TPSA) is 243 Å². The lowest BCUT2D eigenvalue weighted by Crippen LogP contribution is -2.40. The summed E-state index contributed by atoms with van der Waals surface area (Å²) >= 11 is 0. The van der Waals surface area contributed by atoms with Crippen LogP contribution in [0.25, 0.3) is 11.2 Å². The molecule has 5 atom stereocenters. The number of rotatable bonds is 11. The molecule has 0 unspecified atom stereocenters. The van der Waals surface area contributed by atoms with Crippen molar-refractivity contribution in [1.29, 1.82) is 0 Å². The highest BCUT2D eigenvalue weighted by Gasteiger charge is 2.47. The summed E-state index contributed by atoms with van der Waals surface area (Å²) in [6.45, 7) is 3.88. The van der Waals surface area contributed by atoms with E-state index in [0.29, 0.717) is 61.2 Å². The SMILES string of the molecule is CCn1nnc([C@H]2O[C@@H](n3cnc4c(NCC(c5ccccc5)c5ccccc5)nc(N5CC[C@@H](NC(=O)Nc6cccnc6)C5)nc43)[C@H](O)[C@@H]2O)n1.O=C(O)C(F)(F)F. The number of aryl methyl sites for hydroxylation is 1. The Balaban J connectivity index is 0.000000716. The molecule has 0 aliphatic carbocycles. The summed E-state index contributed by atoms with van der Waals surface area (Å²) in [5.41, 5.74) is 3.72. The van der Waals surface area contributed by atoms with Gasteiger partial charge in [0.25, 0.3) is 0 Å². The molecule has 4 aromatic heterocycles. The maximum absolute atomic E-state index is 12.8. The fourth-order valence-corrected chi connectivity index (χ4v) is 6.81. The first-order chi connectivity index (χ1) is 28.9. The van der Waals surface area contributed by atoms with Crippen LogP contribution in [0, 0.1) is 0 Å². The second-order valence-electron chi connectivity index (χ2n) is 13.8. The third-order valence-electron chi connectivity index (χ3n) is 9.77. The molecule has 22 heteroatoms. The van der Waals surface area contributed by atoms with E-state index in [1.807, 2.05) is 48.2 Å². The van der Waals surface area contributed by atoms with Crippen LogP contribution >= 0.6 is 0 Å². The number of aliphatic hydroxyl groups excluding tert-OH is 2. The summed E-state index contributed by atoms with van der Waals surface area (Å²) in [7, 11) is 0. The van der Waals surface area contributed by atoms with Gasteiger partial charge in [-0.3, -0.25) is 9.55 Å². The minimum Gasteiger partial charge on any atom is -0.475 e. The Morgan fingerprint density at radius 2 is 1.68 bits per heavy atom. The minimum atomic E-state index is -5.08. The molecule has 60 heavy (non-hydrogen) atoms. The molecule has 2 aromatic carbocycles. The van der Waals surface area contributed by atoms with Crippen molar-refractivity contribution in [2.24, 2.45) is 0 Å². The van der Waals surface area contributed by atoms with Gasteiger partial charge in [-0.05, 0) is 41.8 Å². The van der Waals surface area contributed by atoms with E-state index in [1.54, 1.807) is 29.1 Å². The minimum absolute atomic E-state index is 0.00780. The monoisotopic (exact) mass is 831 g/mol. The molecule has 0 radical (unpaired) electrons. The number of imidazole rings is 1. The second-order valence-corrected chi connectivity index (χ2v) is 13.8. The van der Waals surface area contributed by atoms with Crippen molar-refractivity contribution in [3.63, 3.8) is 0 Å². The molecule has 2 aliphatic rings. The smallest absolute Gasteiger partial charge is 0.475 e. The van der Waals surface area contributed by atoms with Gasteiger partial charge in [0.15, 0.2) is 29.3 Å². The number of alkyl halides is 3. The predicted molar refractivity (Wildman–Crippen MR) is 208 cm³/mol. The van der Waals surface area contributed by atoms with E-state index < -0.39 is 36.7 Å².